The van der Waals surface area contributed by atoms with Gasteiger partial charge in [-0.15, -0.1) is 0 Å². The lowest BCUT2D eigenvalue weighted by Crippen LogP contribution is -2.35. The first kappa shape index (κ1) is 16.5. The molecule has 2 aromatic carbocycles. The molecule has 1 aliphatic rings. The van der Waals surface area contributed by atoms with Gasteiger partial charge in [-0.25, -0.2) is 0 Å². The third-order valence-corrected chi connectivity index (χ3v) is 4.72. The van der Waals surface area contributed by atoms with E-state index in [0.29, 0.717) is 13.2 Å². The molecular formula is C20H24N2O2. The molecule has 0 radical (unpaired) electrons. The Balaban J connectivity index is 1.73. The second kappa shape index (κ2) is 7.05. The number of rotatable bonds is 5. The van der Waals surface area contributed by atoms with E-state index < -0.39 is 0 Å². The van der Waals surface area contributed by atoms with E-state index in [1.807, 2.05) is 59.5 Å². The predicted octanol–water partition coefficient (Wildman–Crippen LogP) is 3.08. The van der Waals surface area contributed by atoms with Gasteiger partial charge in [0, 0.05) is 24.2 Å². The van der Waals surface area contributed by atoms with Crippen LogP contribution in [0.1, 0.15) is 29.3 Å². The fraction of sp³-hybridized carbons (Fsp3) is 0.350. The maximum Gasteiger partial charge on any atom is 0.254 e. The summed E-state index contributed by atoms with van der Waals surface area (Å²) in [4.78, 5) is 14.8. The van der Waals surface area contributed by atoms with Crippen LogP contribution < -0.4 is 10.5 Å². The zero-order valence-corrected chi connectivity index (χ0v) is 14.1. The summed E-state index contributed by atoms with van der Waals surface area (Å²) in [6, 6.07) is 17.3. The normalized spacial score (nSPS) is 20.2. The molecule has 0 bridgehead atoms. The Bertz CT molecular complexity index is 702. The van der Waals surface area contributed by atoms with Crippen molar-refractivity contribution >= 4 is 5.91 Å². The largest absolute Gasteiger partial charge is 0.489 e. The minimum absolute atomic E-state index is 0.0329. The fourth-order valence-corrected chi connectivity index (χ4v) is 3.07. The molecule has 4 heteroatoms. The topological polar surface area (TPSA) is 55.6 Å². The van der Waals surface area contributed by atoms with Gasteiger partial charge in [-0.05, 0) is 36.6 Å². The van der Waals surface area contributed by atoms with Gasteiger partial charge in [-0.1, -0.05) is 43.3 Å². The van der Waals surface area contributed by atoms with Crippen LogP contribution in [0.2, 0.25) is 0 Å². The Labute approximate surface area is 143 Å². The lowest BCUT2D eigenvalue weighted by atomic mass is 9.90. The molecule has 1 heterocycles. The highest BCUT2D eigenvalue weighted by atomic mass is 16.5. The zero-order chi connectivity index (χ0) is 17.0. The van der Waals surface area contributed by atoms with Gasteiger partial charge in [0.2, 0.25) is 0 Å². The predicted molar refractivity (Wildman–Crippen MR) is 94.9 cm³/mol. The van der Waals surface area contributed by atoms with Crippen molar-refractivity contribution in [3.63, 3.8) is 0 Å². The number of hydrogen-bond acceptors (Lipinski definition) is 3. The van der Waals surface area contributed by atoms with Crippen molar-refractivity contribution in [3.8, 4) is 5.75 Å². The summed E-state index contributed by atoms with van der Waals surface area (Å²) in [5.74, 6) is 0.871. The van der Waals surface area contributed by atoms with E-state index in [9.17, 15) is 4.79 Å². The van der Waals surface area contributed by atoms with Gasteiger partial charge in [0.1, 0.15) is 12.4 Å². The molecule has 1 amide bonds. The molecule has 0 aromatic heterocycles. The van der Waals surface area contributed by atoms with E-state index in [1.54, 1.807) is 0 Å². The van der Waals surface area contributed by atoms with Gasteiger partial charge in [0.15, 0.2) is 0 Å². The molecule has 1 unspecified atom stereocenters. The molecule has 1 atom stereocenters. The summed E-state index contributed by atoms with van der Waals surface area (Å²) >= 11 is 0. The number of carbonyl (C=O) groups is 1. The van der Waals surface area contributed by atoms with Crippen LogP contribution in [0.4, 0.5) is 0 Å². The highest BCUT2D eigenvalue weighted by molar-refractivity contribution is 5.95. The fourth-order valence-electron chi connectivity index (χ4n) is 3.07. The van der Waals surface area contributed by atoms with E-state index in [4.69, 9.17) is 10.5 Å². The van der Waals surface area contributed by atoms with Crippen LogP contribution in [0.25, 0.3) is 0 Å². The van der Waals surface area contributed by atoms with Crippen molar-refractivity contribution < 1.29 is 9.53 Å². The van der Waals surface area contributed by atoms with Crippen LogP contribution in [0.15, 0.2) is 54.6 Å². The van der Waals surface area contributed by atoms with Crippen molar-refractivity contribution in [2.24, 2.45) is 11.1 Å². The molecule has 2 aromatic rings. The van der Waals surface area contributed by atoms with Crippen molar-refractivity contribution in [2.45, 2.75) is 20.0 Å². The number of likely N-dealkylation sites (tertiary alicyclic amines) is 1. The number of para-hydroxylation sites is 1. The smallest absolute Gasteiger partial charge is 0.254 e. The maximum atomic E-state index is 12.9. The first-order valence-corrected chi connectivity index (χ1v) is 8.36. The minimum Gasteiger partial charge on any atom is -0.489 e. The van der Waals surface area contributed by atoms with Gasteiger partial charge in [0.25, 0.3) is 5.91 Å². The van der Waals surface area contributed by atoms with Crippen LogP contribution in [-0.2, 0) is 6.61 Å². The Morgan fingerprint density at radius 3 is 2.58 bits per heavy atom. The van der Waals surface area contributed by atoms with E-state index >= 15 is 0 Å². The summed E-state index contributed by atoms with van der Waals surface area (Å²) in [5.41, 5.74) is 7.51. The number of hydrogen-bond donors (Lipinski definition) is 1. The Hall–Kier alpha value is -2.33. The maximum absolute atomic E-state index is 12.9. The van der Waals surface area contributed by atoms with Crippen molar-refractivity contribution in [2.75, 3.05) is 19.6 Å². The van der Waals surface area contributed by atoms with Gasteiger partial charge < -0.3 is 15.4 Å². The summed E-state index contributed by atoms with van der Waals surface area (Å²) in [7, 11) is 0. The second-order valence-corrected chi connectivity index (χ2v) is 6.75. The first-order chi connectivity index (χ1) is 11.6. The quantitative estimate of drug-likeness (QED) is 0.919. The van der Waals surface area contributed by atoms with Gasteiger partial charge in [0.05, 0.1) is 0 Å². The molecule has 4 nitrogen and oxygen atoms in total. The van der Waals surface area contributed by atoms with Crippen molar-refractivity contribution in [1.82, 2.24) is 4.90 Å². The van der Waals surface area contributed by atoms with E-state index in [2.05, 4.69) is 6.92 Å². The SMILES string of the molecule is CC1(CN)CCN(C(=O)c2ccccc2COc2ccccc2)C1. The average molecular weight is 324 g/mol. The summed E-state index contributed by atoms with van der Waals surface area (Å²) in [5, 5.41) is 0. The molecule has 1 fully saturated rings. The van der Waals surface area contributed by atoms with Crippen LogP contribution in [0.5, 0.6) is 5.75 Å². The van der Waals surface area contributed by atoms with Crippen molar-refractivity contribution in [1.29, 1.82) is 0 Å². The third-order valence-electron chi connectivity index (χ3n) is 4.72. The Morgan fingerprint density at radius 2 is 1.88 bits per heavy atom. The van der Waals surface area contributed by atoms with Gasteiger partial charge >= 0.3 is 0 Å². The van der Waals surface area contributed by atoms with E-state index in [1.165, 1.54) is 0 Å². The third kappa shape index (κ3) is 3.60. The van der Waals surface area contributed by atoms with E-state index in [-0.39, 0.29) is 11.3 Å². The number of amides is 1. The van der Waals surface area contributed by atoms with Gasteiger partial charge in [-0.3, -0.25) is 4.79 Å². The number of carbonyl (C=O) groups excluding carboxylic acids is 1. The van der Waals surface area contributed by atoms with Crippen molar-refractivity contribution in [3.05, 3.63) is 65.7 Å². The average Bonchev–Trinajstić information content (AvgIpc) is 3.03. The van der Waals surface area contributed by atoms with Crippen LogP contribution >= 0.6 is 0 Å². The molecule has 1 saturated heterocycles. The Morgan fingerprint density at radius 1 is 1.17 bits per heavy atom. The number of nitrogens with two attached hydrogens (primary N) is 1. The zero-order valence-electron chi connectivity index (χ0n) is 14.1. The molecule has 3 rings (SSSR count). The number of ether oxygens (including phenoxy) is 1. The summed E-state index contributed by atoms with van der Waals surface area (Å²) < 4.78 is 5.82. The minimum atomic E-state index is 0.0329. The molecule has 1 aliphatic heterocycles. The van der Waals surface area contributed by atoms with Gasteiger partial charge in [-0.2, -0.15) is 0 Å². The Kier molecular flexibility index (Phi) is 4.86. The molecule has 24 heavy (non-hydrogen) atoms. The van der Waals surface area contributed by atoms with E-state index in [0.717, 1.165) is 36.4 Å². The standard InChI is InChI=1S/C20H24N2O2/c1-20(14-21)11-12-22(15-20)19(23)18-10-6-5-7-16(18)13-24-17-8-3-2-4-9-17/h2-10H,11-15,21H2,1H3. The van der Waals surface area contributed by atoms with Crippen LogP contribution in [0, 0.1) is 5.41 Å². The molecule has 0 aliphatic carbocycles. The lowest BCUT2D eigenvalue weighted by molar-refractivity contribution is 0.0774. The monoisotopic (exact) mass is 324 g/mol. The summed E-state index contributed by atoms with van der Waals surface area (Å²) in [6.07, 6.45) is 0.956. The summed E-state index contributed by atoms with van der Waals surface area (Å²) in [6.45, 7) is 4.62. The highest BCUT2D eigenvalue weighted by Gasteiger charge is 2.35. The van der Waals surface area contributed by atoms with Crippen LogP contribution in [0.3, 0.4) is 0 Å². The molecule has 126 valence electrons. The second-order valence-electron chi connectivity index (χ2n) is 6.75. The molecule has 0 spiro atoms. The first-order valence-electron chi connectivity index (χ1n) is 8.36. The highest BCUT2D eigenvalue weighted by Crippen LogP contribution is 2.30. The van der Waals surface area contributed by atoms with Crippen LogP contribution in [-0.4, -0.2) is 30.4 Å². The number of nitrogens with zero attached hydrogens (tertiary/aromatic N) is 1. The molecule has 0 saturated carbocycles. The molecular weight excluding hydrogens is 300 g/mol. The lowest BCUT2D eigenvalue weighted by Gasteiger charge is -2.23. The molecule has 2 N–H and O–H groups in total. The number of benzene rings is 2.